The minimum Gasteiger partial charge on any atom is -0.492 e. The second kappa shape index (κ2) is 19.1. The number of benzene rings is 2. The van der Waals surface area contributed by atoms with Gasteiger partial charge in [-0.3, -0.25) is 0 Å². The van der Waals surface area contributed by atoms with E-state index in [2.05, 4.69) is 13.5 Å². The van der Waals surface area contributed by atoms with Crippen LogP contribution < -0.4 is 4.74 Å². The average Bonchev–Trinajstić information content (AvgIpc) is 3.07. The van der Waals surface area contributed by atoms with E-state index >= 15 is 4.39 Å². The van der Waals surface area contributed by atoms with Gasteiger partial charge in [-0.1, -0.05) is 51.3 Å². The minimum absolute atomic E-state index is 0.0480. The molecule has 2 aromatic rings. The molecule has 0 aliphatic heterocycles. The second-order valence-corrected chi connectivity index (χ2v) is 13.2. The van der Waals surface area contributed by atoms with Crippen LogP contribution in [0.15, 0.2) is 42.5 Å². The van der Waals surface area contributed by atoms with Crippen molar-refractivity contribution >= 4 is 5.97 Å². The monoisotopic (exact) mass is 642 g/mol. The summed E-state index contributed by atoms with van der Waals surface area (Å²) in [4.78, 5) is 11.9. The highest BCUT2D eigenvalue weighted by Crippen LogP contribution is 2.40. The lowest BCUT2D eigenvalue weighted by Crippen LogP contribution is -2.40. The first kappa shape index (κ1) is 37.7. The largest absolute Gasteiger partial charge is 0.492 e. The van der Waals surface area contributed by atoms with Gasteiger partial charge in [0, 0.05) is 17.7 Å². The zero-order valence-corrected chi connectivity index (χ0v) is 27.9. The quantitative estimate of drug-likeness (QED) is 0.0725. The Bertz CT molecular complexity index is 1240. The third-order valence-corrected chi connectivity index (χ3v) is 9.39. The van der Waals surface area contributed by atoms with Gasteiger partial charge in [-0.25, -0.2) is 9.18 Å². The van der Waals surface area contributed by atoms with Crippen molar-refractivity contribution in [3.05, 3.63) is 65.0 Å². The molecule has 1 aliphatic rings. The zero-order valence-electron chi connectivity index (χ0n) is 27.9. The number of halogens is 1. The van der Waals surface area contributed by atoms with Gasteiger partial charge in [-0.2, -0.15) is 0 Å². The number of rotatable bonds is 20. The van der Waals surface area contributed by atoms with Crippen LogP contribution in [0.25, 0.3) is 11.1 Å². The maximum atomic E-state index is 15.9. The Morgan fingerprint density at radius 2 is 1.59 bits per heavy atom. The van der Waals surface area contributed by atoms with Crippen LogP contribution in [-0.2, 0) is 22.4 Å². The molecule has 256 valence electrons. The Balaban J connectivity index is 1.90. The summed E-state index contributed by atoms with van der Waals surface area (Å²) < 4.78 is 27.4. The first-order valence-corrected chi connectivity index (χ1v) is 17.0. The van der Waals surface area contributed by atoms with Crippen LogP contribution in [0.3, 0.4) is 0 Å². The van der Waals surface area contributed by atoms with Crippen LogP contribution in [0.1, 0.15) is 101 Å². The predicted octanol–water partition coefficient (Wildman–Crippen LogP) is 6.67. The van der Waals surface area contributed by atoms with Gasteiger partial charge < -0.3 is 29.9 Å². The number of hydrogen-bond acceptors (Lipinski definition) is 7. The normalized spacial score (nSPS) is 16.8. The van der Waals surface area contributed by atoms with Crippen molar-refractivity contribution in [1.82, 2.24) is 0 Å². The van der Waals surface area contributed by atoms with E-state index in [0.717, 1.165) is 35.4 Å². The van der Waals surface area contributed by atoms with E-state index in [9.17, 15) is 25.2 Å². The molecule has 1 fully saturated rings. The van der Waals surface area contributed by atoms with Gasteiger partial charge >= 0.3 is 5.97 Å². The number of ether oxygens (including phenoxy) is 2. The molecule has 1 aliphatic carbocycles. The third kappa shape index (κ3) is 10.6. The number of hydrogen-bond donors (Lipinski definition) is 4. The van der Waals surface area contributed by atoms with Crippen molar-refractivity contribution in [3.63, 3.8) is 0 Å². The summed E-state index contributed by atoms with van der Waals surface area (Å²) >= 11 is 0. The fourth-order valence-corrected chi connectivity index (χ4v) is 6.29. The summed E-state index contributed by atoms with van der Waals surface area (Å²) in [5, 5.41) is 39.2. The lowest BCUT2D eigenvalue weighted by molar-refractivity contribution is -0.139. The van der Waals surface area contributed by atoms with Gasteiger partial charge in [0.1, 0.15) is 18.2 Å². The van der Waals surface area contributed by atoms with Gasteiger partial charge in [0.2, 0.25) is 0 Å². The Morgan fingerprint density at radius 3 is 2.15 bits per heavy atom. The van der Waals surface area contributed by atoms with Crippen LogP contribution in [0.2, 0.25) is 0 Å². The van der Waals surface area contributed by atoms with E-state index in [1.807, 2.05) is 24.3 Å². The number of aryl methyl sites for hydroxylation is 2. The first-order valence-electron chi connectivity index (χ1n) is 17.0. The number of esters is 1. The molecule has 0 spiro atoms. The van der Waals surface area contributed by atoms with Crippen molar-refractivity contribution in [3.8, 4) is 16.9 Å². The summed E-state index contributed by atoms with van der Waals surface area (Å²) in [6, 6.07) is 9.33. The molecule has 0 aromatic heterocycles. The van der Waals surface area contributed by atoms with E-state index in [4.69, 9.17) is 9.47 Å². The molecule has 0 heterocycles. The number of unbranched alkanes of at least 4 members (excludes halogenated alkanes) is 2. The van der Waals surface area contributed by atoms with Gasteiger partial charge in [0.15, 0.2) is 0 Å². The van der Waals surface area contributed by atoms with E-state index in [-0.39, 0.29) is 25.6 Å². The van der Waals surface area contributed by atoms with E-state index < -0.39 is 31.2 Å². The van der Waals surface area contributed by atoms with Crippen LogP contribution in [0, 0.1) is 17.2 Å². The highest BCUT2D eigenvalue weighted by Gasteiger charge is 2.30. The molecule has 7 nitrogen and oxygen atoms in total. The molecule has 3 rings (SSSR count). The molecule has 0 atom stereocenters. The van der Waals surface area contributed by atoms with Crippen LogP contribution in [-0.4, -0.2) is 66.0 Å². The molecule has 2 aromatic carbocycles. The average molecular weight is 643 g/mol. The van der Waals surface area contributed by atoms with E-state index in [1.165, 1.54) is 38.5 Å². The van der Waals surface area contributed by atoms with Crippen molar-refractivity contribution in [2.75, 3.05) is 39.6 Å². The van der Waals surface area contributed by atoms with Crippen molar-refractivity contribution in [1.29, 1.82) is 0 Å². The predicted molar refractivity (Wildman–Crippen MR) is 179 cm³/mol. The Hall–Kier alpha value is -2.78. The van der Waals surface area contributed by atoms with Gasteiger partial charge in [0.25, 0.3) is 0 Å². The SMILES string of the molecule is C=C(C)C(=O)OCCCc1cc(-c2ccc(C3CCC(CCCCC)CC3)cc2F)cc(CCCO)c1OCC(CO)(CO)CO. The molecule has 8 heteroatoms. The minimum atomic E-state index is -1.25. The van der Waals surface area contributed by atoms with Gasteiger partial charge in [0.05, 0.1) is 31.8 Å². The molecule has 0 amide bonds. The molecule has 0 bridgehead atoms. The van der Waals surface area contributed by atoms with Gasteiger partial charge in [-0.15, -0.1) is 0 Å². The number of carbonyl (C=O) groups is 1. The summed E-state index contributed by atoms with van der Waals surface area (Å²) in [6.07, 6.45) is 11.5. The Labute approximate surface area is 274 Å². The maximum Gasteiger partial charge on any atom is 0.333 e. The fraction of sp³-hybridized carbons (Fsp3) is 0.605. The summed E-state index contributed by atoms with van der Waals surface area (Å²) in [5.74, 6) is 0.884. The van der Waals surface area contributed by atoms with Crippen molar-refractivity contribution in [2.45, 2.75) is 96.8 Å². The highest BCUT2D eigenvalue weighted by atomic mass is 19.1. The third-order valence-electron chi connectivity index (χ3n) is 9.39. The number of aliphatic hydroxyl groups excluding tert-OH is 4. The summed E-state index contributed by atoms with van der Waals surface area (Å²) in [7, 11) is 0. The molecular weight excluding hydrogens is 587 g/mol. The van der Waals surface area contributed by atoms with Crippen LogP contribution in [0.4, 0.5) is 4.39 Å². The van der Waals surface area contributed by atoms with Gasteiger partial charge in [-0.05, 0) is 111 Å². The lowest BCUT2D eigenvalue weighted by Gasteiger charge is -2.29. The number of aliphatic hydroxyl groups is 4. The summed E-state index contributed by atoms with van der Waals surface area (Å²) in [6.45, 7) is 5.95. The fourth-order valence-electron chi connectivity index (χ4n) is 6.29. The molecular formula is C38H55FO7. The molecule has 4 N–H and O–H groups in total. The topological polar surface area (TPSA) is 116 Å². The highest BCUT2D eigenvalue weighted by molar-refractivity contribution is 5.86. The first-order chi connectivity index (χ1) is 22.2. The summed E-state index contributed by atoms with van der Waals surface area (Å²) in [5.41, 5.74) is 2.73. The second-order valence-electron chi connectivity index (χ2n) is 13.2. The Morgan fingerprint density at radius 1 is 0.935 bits per heavy atom. The smallest absolute Gasteiger partial charge is 0.333 e. The molecule has 46 heavy (non-hydrogen) atoms. The van der Waals surface area contributed by atoms with Crippen molar-refractivity contribution < 1.29 is 39.1 Å². The standard InChI is InChI=1S/C38H55FO7/c1-4-5-6-9-28-12-14-29(15-13-28)30-16-17-34(35(39)22-30)33-20-31(10-7-18-40)36(46-26-38(23-41,24-42)25-43)32(21-33)11-8-19-45-37(44)27(2)3/h16-17,20-22,28-29,40-43H,2,4-15,18-19,23-26H2,1,3H3. The van der Waals surface area contributed by atoms with E-state index in [1.54, 1.807) is 13.0 Å². The van der Waals surface area contributed by atoms with Crippen molar-refractivity contribution in [2.24, 2.45) is 11.3 Å². The lowest BCUT2D eigenvalue weighted by atomic mass is 9.77. The molecule has 0 unspecified atom stereocenters. The zero-order chi connectivity index (χ0) is 33.5. The van der Waals surface area contributed by atoms with Crippen LogP contribution in [0.5, 0.6) is 5.75 Å². The Kier molecular flexibility index (Phi) is 15.7. The number of carbonyl (C=O) groups excluding carboxylic acids is 1. The molecule has 0 radical (unpaired) electrons. The molecule has 0 saturated heterocycles. The molecule has 1 saturated carbocycles. The van der Waals surface area contributed by atoms with Crippen LogP contribution >= 0.6 is 0 Å². The maximum absolute atomic E-state index is 15.9. The van der Waals surface area contributed by atoms with E-state index in [0.29, 0.717) is 54.1 Å².